The maximum atomic E-state index is 14.5. The fraction of sp³-hybridized carbons (Fsp3) is 0.800. The van der Waals surface area contributed by atoms with Crippen LogP contribution >= 0.6 is 0 Å². The van der Waals surface area contributed by atoms with Gasteiger partial charge in [-0.2, -0.15) is 0 Å². The summed E-state index contributed by atoms with van der Waals surface area (Å²) in [6.07, 6.45) is 1.48. The predicted molar refractivity (Wildman–Crippen MR) is 315 cm³/mol. The summed E-state index contributed by atoms with van der Waals surface area (Å²) in [5, 5.41) is 35.1. The van der Waals surface area contributed by atoms with Crippen LogP contribution in [0.5, 0.6) is 0 Å². The van der Waals surface area contributed by atoms with Crippen molar-refractivity contribution in [3.63, 3.8) is 0 Å². The average Bonchev–Trinajstić information content (AvgIpc) is 3.48. The molecule has 0 saturated heterocycles. The van der Waals surface area contributed by atoms with E-state index >= 15 is 0 Å². The van der Waals surface area contributed by atoms with Crippen LogP contribution in [0.15, 0.2) is 4.99 Å². The van der Waals surface area contributed by atoms with Crippen molar-refractivity contribution < 1.29 is 53.1 Å². The minimum atomic E-state index is -1.63. The predicted octanol–water partition coefficient (Wildman–Crippen LogP) is -1.89. The number of carbonyl (C=O) groups is 10. The van der Waals surface area contributed by atoms with Gasteiger partial charge in [0.2, 0.25) is 59.1 Å². The Hall–Kier alpha value is -6.19. The number of primary amides is 1. The highest BCUT2D eigenvalue weighted by molar-refractivity contribution is 5.98. The SMILES string of the molecule is CC[C@H](C)[C@H](NC(=O)[C@H](CCCN=C(N)N)NC(=O)[C@H](CCCCN)NC(=O)[C@H](CC(C)C)NC(=O)[C@H](CC(C)C)NC(=O)CCN)C(=O)N[C@@H](CCCCN)C(=O)N[C@H](C(=O)N[C@@H](CC(C)C)C(=O)N[C@@H](CC(C)C)C(N)=O)[C@@H](C)O. The lowest BCUT2D eigenvalue weighted by molar-refractivity contribution is -0.137. The third kappa shape index (κ3) is 31.3. The summed E-state index contributed by atoms with van der Waals surface area (Å²) < 4.78 is 0. The van der Waals surface area contributed by atoms with Crippen LogP contribution < -0.4 is 82.3 Å². The number of carbonyl (C=O) groups excluding carboxylic acids is 10. The molecule has 0 rings (SSSR count). The van der Waals surface area contributed by atoms with Gasteiger partial charge < -0.3 is 87.4 Å². The molecule has 0 heterocycles. The molecular weight excluding hydrogens is 1060 g/mol. The normalized spacial score (nSPS) is 15.5. The second kappa shape index (κ2) is 40.9. The summed E-state index contributed by atoms with van der Waals surface area (Å²) in [4.78, 5) is 142. The molecule has 0 fully saturated rings. The van der Waals surface area contributed by atoms with E-state index < -0.39 is 125 Å². The third-order valence-corrected chi connectivity index (χ3v) is 13.4. The van der Waals surface area contributed by atoms with Gasteiger partial charge in [0.05, 0.1) is 6.10 Å². The number of nitrogens with two attached hydrogens (primary N) is 6. The third-order valence-electron chi connectivity index (χ3n) is 13.4. The first kappa shape index (κ1) is 75.8. The van der Waals surface area contributed by atoms with Gasteiger partial charge in [-0.3, -0.25) is 52.9 Å². The fourth-order valence-corrected chi connectivity index (χ4v) is 8.75. The highest BCUT2D eigenvalue weighted by atomic mass is 16.3. The first-order chi connectivity index (χ1) is 38.4. The Balaban J connectivity index is 7.04. The topological polar surface area (TPSA) is 468 Å². The van der Waals surface area contributed by atoms with Gasteiger partial charge in [-0.25, -0.2) is 0 Å². The van der Waals surface area contributed by atoms with Gasteiger partial charge in [-0.05, 0) is 127 Å². The lowest BCUT2D eigenvalue weighted by Gasteiger charge is -2.30. The summed E-state index contributed by atoms with van der Waals surface area (Å²) >= 11 is 0. The molecule has 10 amide bonds. The average molecular weight is 1170 g/mol. The van der Waals surface area contributed by atoms with Crippen LogP contribution in [-0.2, 0) is 47.9 Å². The van der Waals surface area contributed by atoms with Gasteiger partial charge in [0.15, 0.2) is 5.96 Å². The van der Waals surface area contributed by atoms with Crippen LogP contribution in [0.1, 0.15) is 166 Å². The zero-order valence-electron chi connectivity index (χ0n) is 50.8. The minimum absolute atomic E-state index is 0.00518. The number of aliphatic imine (C=N–C) groups is 1. The summed E-state index contributed by atoms with van der Waals surface area (Å²) in [5.74, 6) is -8.34. The number of guanidine groups is 1. The van der Waals surface area contributed by atoms with E-state index in [0.29, 0.717) is 32.1 Å². The molecule has 0 aromatic carbocycles. The monoisotopic (exact) mass is 1170 g/mol. The molecule has 0 aliphatic heterocycles. The molecule has 0 aromatic rings. The molecule has 27 nitrogen and oxygen atoms in total. The lowest BCUT2D eigenvalue weighted by atomic mass is 9.96. The highest BCUT2D eigenvalue weighted by Gasteiger charge is 2.37. The molecule has 0 unspecified atom stereocenters. The van der Waals surface area contributed by atoms with Crippen molar-refractivity contribution >= 4 is 65.0 Å². The van der Waals surface area contributed by atoms with Crippen molar-refractivity contribution in [3.8, 4) is 0 Å². The molecular formula is C55H106N16O11. The summed E-state index contributed by atoms with van der Waals surface area (Å²) in [6.45, 7) is 20.2. The van der Waals surface area contributed by atoms with Crippen LogP contribution in [0.25, 0.3) is 0 Å². The number of hydrogen-bond donors (Lipinski definition) is 16. The molecule has 0 saturated carbocycles. The lowest BCUT2D eigenvalue weighted by Crippen LogP contribution is -2.62. The standard InChI is InChI=1S/C55H106N16O11/c1-12-34(10)44(53(81)66-37(19-14-16-23-57)49(77)71-45(35(11)72)54(82)69-42(29-33(8)9)52(80)67-39(46(59)74)26-30(2)3)70-48(76)38(20-17-25-62-55(60)61)64-47(75)36(18-13-15-22-56)65-51(79)41(28-32(6)7)68-50(78)40(27-31(4)5)63-43(73)21-24-58/h30-42,44-45,72H,12-29,56-58H2,1-11H3,(H2,59,74)(H,63,73)(H,64,75)(H,65,79)(H,66,81)(H,67,80)(H,68,78)(H,69,82)(H,70,76)(H,71,77)(H4,60,61,62)/t34-,35+,36-,37-,38-,39-,40-,41-,42-,44-,45-/m0/s1. The molecule has 0 bridgehead atoms. The van der Waals surface area contributed by atoms with Crippen molar-refractivity contribution in [2.45, 2.75) is 227 Å². The Morgan fingerprint density at radius 3 is 1.11 bits per heavy atom. The van der Waals surface area contributed by atoms with E-state index in [1.54, 1.807) is 13.8 Å². The maximum absolute atomic E-state index is 14.5. The van der Waals surface area contributed by atoms with Crippen LogP contribution in [0, 0.1) is 29.6 Å². The Bertz CT molecular complexity index is 2040. The fourth-order valence-electron chi connectivity index (χ4n) is 8.75. The molecule has 82 heavy (non-hydrogen) atoms. The molecule has 11 atom stereocenters. The number of unbranched alkanes of at least 4 members (excludes halogenated alkanes) is 2. The Morgan fingerprint density at radius 2 is 0.732 bits per heavy atom. The second-order valence-corrected chi connectivity index (χ2v) is 23.1. The van der Waals surface area contributed by atoms with Gasteiger partial charge in [0.1, 0.15) is 54.4 Å². The zero-order valence-corrected chi connectivity index (χ0v) is 50.8. The summed E-state index contributed by atoms with van der Waals surface area (Å²) in [5.41, 5.74) is 33.9. The Kier molecular flexibility index (Phi) is 37.8. The Labute approximate surface area is 486 Å². The van der Waals surface area contributed by atoms with Gasteiger partial charge in [-0.15, -0.1) is 0 Å². The number of nitrogens with zero attached hydrogens (tertiary/aromatic N) is 1. The molecule has 0 spiro atoms. The van der Waals surface area contributed by atoms with Crippen molar-refractivity contribution in [1.82, 2.24) is 47.9 Å². The number of rotatable bonds is 43. The molecule has 22 N–H and O–H groups in total. The minimum Gasteiger partial charge on any atom is -0.391 e. The Morgan fingerprint density at radius 1 is 0.402 bits per heavy atom. The molecule has 0 aliphatic rings. The molecule has 27 heteroatoms. The van der Waals surface area contributed by atoms with Crippen LogP contribution in [0.3, 0.4) is 0 Å². The number of nitrogens with one attached hydrogen (secondary N) is 9. The summed E-state index contributed by atoms with van der Waals surface area (Å²) in [7, 11) is 0. The van der Waals surface area contributed by atoms with E-state index in [9.17, 15) is 53.1 Å². The number of hydrogen-bond acceptors (Lipinski definition) is 15. The van der Waals surface area contributed by atoms with Crippen LogP contribution in [0.2, 0.25) is 0 Å². The number of aliphatic hydroxyl groups excluding tert-OH is 1. The van der Waals surface area contributed by atoms with Crippen molar-refractivity contribution in [2.24, 2.45) is 69.0 Å². The van der Waals surface area contributed by atoms with Crippen molar-refractivity contribution in [1.29, 1.82) is 0 Å². The summed E-state index contributed by atoms with van der Waals surface area (Å²) in [6, 6.07) is -11.2. The second-order valence-electron chi connectivity index (χ2n) is 23.1. The first-order valence-electron chi connectivity index (χ1n) is 29.3. The molecule has 0 aromatic heterocycles. The van der Waals surface area contributed by atoms with E-state index in [4.69, 9.17) is 34.4 Å². The number of aliphatic hydroxyl groups is 1. The molecule has 0 radical (unpaired) electrons. The maximum Gasteiger partial charge on any atom is 0.245 e. The van der Waals surface area contributed by atoms with Crippen LogP contribution in [0.4, 0.5) is 0 Å². The van der Waals surface area contributed by atoms with E-state index in [1.165, 1.54) is 6.92 Å². The van der Waals surface area contributed by atoms with E-state index in [1.807, 2.05) is 55.4 Å². The molecule has 472 valence electrons. The van der Waals surface area contributed by atoms with Gasteiger partial charge in [0, 0.05) is 19.5 Å². The van der Waals surface area contributed by atoms with E-state index in [0.717, 1.165) is 0 Å². The largest absolute Gasteiger partial charge is 0.391 e. The van der Waals surface area contributed by atoms with Crippen molar-refractivity contribution in [2.75, 3.05) is 26.2 Å². The number of amides is 10. The van der Waals surface area contributed by atoms with Gasteiger partial charge in [-0.1, -0.05) is 75.7 Å². The smallest absolute Gasteiger partial charge is 0.245 e. The first-order valence-corrected chi connectivity index (χ1v) is 29.3. The van der Waals surface area contributed by atoms with Gasteiger partial charge in [0.25, 0.3) is 0 Å². The molecule has 0 aliphatic carbocycles. The van der Waals surface area contributed by atoms with Crippen LogP contribution in [-0.4, -0.2) is 157 Å². The highest BCUT2D eigenvalue weighted by Crippen LogP contribution is 2.15. The van der Waals surface area contributed by atoms with E-state index in [2.05, 4.69) is 52.8 Å². The van der Waals surface area contributed by atoms with Gasteiger partial charge >= 0.3 is 0 Å². The zero-order chi connectivity index (χ0) is 62.8. The van der Waals surface area contributed by atoms with Crippen molar-refractivity contribution in [3.05, 3.63) is 0 Å². The van der Waals surface area contributed by atoms with E-state index in [-0.39, 0.29) is 114 Å². The quantitative estimate of drug-likeness (QED) is 0.0180.